The Labute approximate surface area is 120 Å². The Balaban J connectivity index is 2.26. The summed E-state index contributed by atoms with van der Waals surface area (Å²) in [5, 5.41) is 12.8. The first-order chi connectivity index (χ1) is 9.36. The molecule has 2 N–H and O–H groups in total. The molecule has 2 atom stereocenters. The molecule has 4 heteroatoms. The lowest BCUT2D eigenvalue weighted by molar-refractivity contribution is 0.0696. The molecule has 0 aliphatic heterocycles. The summed E-state index contributed by atoms with van der Waals surface area (Å²) in [4.78, 5) is 15.7. The van der Waals surface area contributed by atoms with Crippen LogP contribution in [0.1, 0.15) is 54.9 Å². The molecule has 2 rings (SSSR count). The lowest BCUT2D eigenvalue weighted by Gasteiger charge is -2.33. The van der Waals surface area contributed by atoms with Crippen molar-refractivity contribution >= 4 is 11.7 Å². The fraction of sp³-hybridized carbons (Fsp3) is 0.625. The number of hydrogen-bond donors (Lipinski definition) is 2. The quantitative estimate of drug-likeness (QED) is 0.885. The Hall–Kier alpha value is -1.58. The Morgan fingerprint density at radius 2 is 1.85 bits per heavy atom. The third-order valence-corrected chi connectivity index (χ3v) is 4.08. The molecule has 1 aromatic heterocycles. The van der Waals surface area contributed by atoms with Gasteiger partial charge in [0.2, 0.25) is 0 Å². The summed E-state index contributed by atoms with van der Waals surface area (Å²) in [5.41, 5.74) is 2.46. The summed E-state index contributed by atoms with van der Waals surface area (Å²) >= 11 is 0. The Kier molecular flexibility index (Phi) is 4.31. The van der Waals surface area contributed by atoms with Crippen LogP contribution in [0.5, 0.6) is 0 Å². The molecule has 20 heavy (non-hydrogen) atoms. The number of aryl methyl sites for hydroxylation is 2. The lowest BCUT2D eigenvalue weighted by atomic mass is 9.80. The van der Waals surface area contributed by atoms with Crippen LogP contribution >= 0.6 is 0 Å². The number of rotatable bonds is 3. The standard InChI is InChI=1S/C16H24N2O2/c1-9-5-10(2)7-13(6-9)18-14-8-11(3)17-12(4)15(14)16(19)20/h8-10,13H,5-7H2,1-4H3,(H,17,18)(H,19,20). The Morgan fingerprint density at radius 1 is 1.25 bits per heavy atom. The second-order valence-electron chi connectivity index (χ2n) is 6.34. The minimum absolute atomic E-state index is 0.307. The van der Waals surface area contributed by atoms with E-state index in [2.05, 4.69) is 24.1 Å². The zero-order valence-corrected chi connectivity index (χ0v) is 12.7. The number of carbonyl (C=O) groups is 1. The van der Waals surface area contributed by atoms with Gasteiger partial charge in [0.1, 0.15) is 5.56 Å². The monoisotopic (exact) mass is 276 g/mol. The molecule has 2 unspecified atom stereocenters. The van der Waals surface area contributed by atoms with Crippen LogP contribution in [0.4, 0.5) is 5.69 Å². The number of nitrogens with zero attached hydrogens (tertiary/aromatic N) is 1. The first kappa shape index (κ1) is 14.8. The molecule has 0 saturated heterocycles. The van der Waals surface area contributed by atoms with Gasteiger partial charge in [-0.1, -0.05) is 13.8 Å². The number of carboxylic acid groups (broad SMARTS) is 1. The molecular weight excluding hydrogens is 252 g/mol. The van der Waals surface area contributed by atoms with E-state index in [1.807, 2.05) is 13.0 Å². The van der Waals surface area contributed by atoms with Gasteiger partial charge in [-0.2, -0.15) is 0 Å². The van der Waals surface area contributed by atoms with Gasteiger partial charge in [0.15, 0.2) is 0 Å². The molecule has 0 radical (unpaired) electrons. The van der Waals surface area contributed by atoms with E-state index < -0.39 is 5.97 Å². The molecule has 1 aliphatic carbocycles. The highest BCUT2D eigenvalue weighted by molar-refractivity contribution is 5.95. The van der Waals surface area contributed by atoms with E-state index >= 15 is 0 Å². The van der Waals surface area contributed by atoms with Crippen molar-refractivity contribution in [3.63, 3.8) is 0 Å². The Bertz CT molecular complexity index is 503. The molecule has 0 amide bonds. The summed E-state index contributed by atoms with van der Waals surface area (Å²) in [6.45, 7) is 8.20. The van der Waals surface area contributed by atoms with E-state index in [1.54, 1.807) is 6.92 Å². The lowest BCUT2D eigenvalue weighted by Crippen LogP contribution is -2.31. The smallest absolute Gasteiger partial charge is 0.339 e. The van der Waals surface area contributed by atoms with Crippen molar-refractivity contribution in [2.24, 2.45) is 11.8 Å². The van der Waals surface area contributed by atoms with Gasteiger partial charge >= 0.3 is 5.97 Å². The highest BCUT2D eigenvalue weighted by atomic mass is 16.4. The molecule has 4 nitrogen and oxygen atoms in total. The van der Waals surface area contributed by atoms with Gasteiger partial charge in [-0.25, -0.2) is 4.79 Å². The first-order valence-electron chi connectivity index (χ1n) is 7.35. The van der Waals surface area contributed by atoms with E-state index in [1.165, 1.54) is 6.42 Å². The van der Waals surface area contributed by atoms with E-state index in [9.17, 15) is 9.90 Å². The molecule has 1 aromatic rings. The highest BCUT2D eigenvalue weighted by Crippen LogP contribution is 2.31. The van der Waals surface area contributed by atoms with Crippen molar-refractivity contribution in [1.29, 1.82) is 0 Å². The summed E-state index contributed by atoms with van der Waals surface area (Å²) in [5.74, 6) is 0.469. The number of pyridine rings is 1. The van der Waals surface area contributed by atoms with Crippen LogP contribution in [-0.2, 0) is 0 Å². The van der Waals surface area contributed by atoms with Crippen molar-refractivity contribution in [3.05, 3.63) is 23.0 Å². The maximum atomic E-state index is 11.4. The van der Waals surface area contributed by atoms with Gasteiger partial charge in [0, 0.05) is 11.7 Å². The maximum Gasteiger partial charge on any atom is 0.339 e. The van der Waals surface area contributed by atoms with Crippen molar-refractivity contribution in [2.45, 2.75) is 53.0 Å². The SMILES string of the molecule is Cc1cc(NC2CC(C)CC(C)C2)c(C(=O)O)c(C)n1. The zero-order valence-electron chi connectivity index (χ0n) is 12.7. The summed E-state index contributed by atoms with van der Waals surface area (Å²) < 4.78 is 0. The molecule has 1 heterocycles. The molecule has 1 saturated carbocycles. The van der Waals surface area contributed by atoms with Gasteiger partial charge in [-0.05, 0) is 51.0 Å². The Morgan fingerprint density at radius 3 is 2.40 bits per heavy atom. The number of aromatic carboxylic acids is 1. The third kappa shape index (κ3) is 3.30. The van der Waals surface area contributed by atoms with E-state index in [0.29, 0.717) is 34.8 Å². The number of aromatic nitrogens is 1. The van der Waals surface area contributed by atoms with Crippen LogP contribution in [-0.4, -0.2) is 22.1 Å². The maximum absolute atomic E-state index is 11.4. The fourth-order valence-electron chi connectivity index (χ4n) is 3.50. The normalized spacial score (nSPS) is 26.3. The second kappa shape index (κ2) is 5.81. The topological polar surface area (TPSA) is 62.2 Å². The average Bonchev–Trinajstić information content (AvgIpc) is 2.25. The number of hydrogen-bond acceptors (Lipinski definition) is 3. The van der Waals surface area contributed by atoms with Gasteiger partial charge < -0.3 is 10.4 Å². The molecule has 0 spiro atoms. The van der Waals surface area contributed by atoms with Crippen molar-refractivity contribution in [2.75, 3.05) is 5.32 Å². The third-order valence-electron chi connectivity index (χ3n) is 4.08. The van der Waals surface area contributed by atoms with Crippen LogP contribution in [0.15, 0.2) is 6.07 Å². The summed E-state index contributed by atoms with van der Waals surface area (Å²) in [6.07, 6.45) is 3.46. The van der Waals surface area contributed by atoms with Crippen LogP contribution in [0.3, 0.4) is 0 Å². The first-order valence-corrected chi connectivity index (χ1v) is 7.35. The zero-order chi connectivity index (χ0) is 14.9. The molecule has 1 fully saturated rings. The summed E-state index contributed by atoms with van der Waals surface area (Å²) in [6, 6.07) is 2.20. The van der Waals surface area contributed by atoms with E-state index in [4.69, 9.17) is 0 Å². The summed E-state index contributed by atoms with van der Waals surface area (Å²) in [7, 11) is 0. The predicted octanol–water partition coefficient (Wildman–Crippen LogP) is 3.63. The molecule has 0 aromatic carbocycles. The minimum Gasteiger partial charge on any atom is -0.478 e. The number of carboxylic acids is 1. The highest BCUT2D eigenvalue weighted by Gasteiger charge is 2.25. The molecule has 0 bridgehead atoms. The van der Waals surface area contributed by atoms with E-state index in [-0.39, 0.29) is 0 Å². The van der Waals surface area contributed by atoms with Gasteiger partial charge in [-0.15, -0.1) is 0 Å². The van der Waals surface area contributed by atoms with Crippen molar-refractivity contribution in [1.82, 2.24) is 4.98 Å². The van der Waals surface area contributed by atoms with Gasteiger partial charge in [0.05, 0.1) is 11.4 Å². The molecule has 1 aliphatic rings. The largest absolute Gasteiger partial charge is 0.478 e. The van der Waals surface area contributed by atoms with Crippen LogP contribution < -0.4 is 5.32 Å². The average molecular weight is 276 g/mol. The van der Waals surface area contributed by atoms with Gasteiger partial charge in [0.25, 0.3) is 0 Å². The van der Waals surface area contributed by atoms with E-state index in [0.717, 1.165) is 18.5 Å². The van der Waals surface area contributed by atoms with Crippen molar-refractivity contribution in [3.8, 4) is 0 Å². The minimum atomic E-state index is -0.908. The fourth-order valence-corrected chi connectivity index (χ4v) is 3.50. The van der Waals surface area contributed by atoms with Crippen LogP contribution in [0.2, 0.25) is 0 Å². The number of anilines is 1. The van der Waals surface area contributed by atoms with Crippen molar-refractivity contribution < 1.29 is 9.90 Å². The predicted molar refractivity (Wildman–Crippen MR) is 80.3 cm³/mol. The van der Waals surface area contributed by atoms with Gasteiger partial charge in [-0.3, -0.25) is 4.98 Å². The van der Waals surface area contributed by atoms with Crippen LogP contribution in [0, 0.1) is 25.7 Å². The second-order valence-corrected chi connectivity index (χ2v) is 6.34. The van der Waals surface area contributed by atoms with Crippen LogP contribution in [0.25, 0.3) is 0 Å². The molecular formula is C16H24N2O2. The number of nitrogens with one attached hydrogen (secondary N) is 1. The molecule has 110 valence electrons.